The Morgan fingerprint density at radius 1 is 1.00 bits per heavy atom. The van der Waals surface area contributed by atoms with E-state index < -0.39 is 0 Å². The first-order valence-electron chi connectivity index (χ1n) is 5.29. The number of hydrogen-bond acceptors (Lipinski definition) is 2. The number of nitrogen functional groups attached to an aromatic ring is 1. The summed E-state index contributed by atoms with van der Waals surface area (Å²) in [6.07, 6.45) is 0. The van der Waals surface area contributed by atoms with Crippen LogP contribution in [0.5, 0.6) is 0 Å². The van der Waals surface area contributed by atoms with Crippen molar-refractivity contribution in [2.24, 2.45) is 0 Å². The topological polar surface area (TPSA) is 55.1 Å². The molecule has 19 heavy (non-hydrogen) atoms. The van der Waals surface area contributed by atoms with Gasteiger partial charge in [-0.25, -0.2) is 0 Å². The minimum atomic E-state index is -0.385. The standard InChI is InChI=1S/C13H9Cl3N2O/c14-7-1-3-11(17)9(5-7)13(19)18-12-4-2-8(15)6-10(12)16/h1-6H,17H2,(H,18,19). The number of benzene rings is 2. The van der Waals surface area contributed by atoms with Gasteiger partial charge in [-0.1, -0.05) is 34.8 Å². The number of halogens is 3. The van der Waals surface area contributed by atoms with Crippen LogP contribution in [0, 0.1) is 0 Å². The van der Waals surface area contributed by atoms with Crippen LogP contribution >= 0.6 is 34.8 Å². The van der Waals surface area contributed by atoms with Crippen molar-refractivity contribution in [3.05, 3.63) is 57.0 Å². The molecule has 0 aliphatic rings. The first kappa shape index (κ1) is 14.0. The Labute approximate surface area is 125 Å². The van der Waals surface area contributed by atoms with Crippen molar-refractivity contribution in [1.29, 1.82) is 0 Å². The molecule has 0 atom stereocenters. The molecule has 0 saturated heterocycles. The van der Waals surface area contributed by atoms with Crippen LogP contribution < -0.4 is 11.1 Å². The maximum atomic E-state index is 12.1. The van der Waals surface area contributed by atoms with E-state index in [2.05, 4.69) is 5.32 Å². The lowest BCUT2D eigenvalue weighted by Gasteiger charge is -2.09. The molecule has 0 saturated carbocycles. The van der Waals surface area contributed by atoms with Crippen LogP contribution in [0.3, 0.4) is 0 Å². The van der Waals surface area contributed by atoms with E-state index in [0.29, 0.717) is 32.0 Å². The summed E-state index contributed by atoms with van der Waals surface area (Å²) in [5, 5.41) is 3.93. The highest BCUT2D eigenvalue weighted by Crippen LogP contribution is 2.26. The minimum Gasteiger partial charge on any atom is -0.398 e. The molecule has 0 aliphatic heterocycles. The van der Waals surface area contributed by atoms with Gasteiger partial charge >= 0.3 is 0 Å². The highest BCUT2D eigenvalue weighted by molar-refractivity contribution is 6.37. The Morgan fingerprint density at radius 2 is 1.63 bits per heavy atom. The Hall–Kier alpha value is -1.42. The fourth-order valence-corrected chi connectivity index (χ4v) is 2.13. The largest absolute Gasteiger partial charge is 0.398 e. The zero-order chi connectivity index (χ0) is 14.0. The van der Waals surface area contributed by atoms with Crippen molar-refractivity contribution in [3.63, 3.8) is 0 Å². The zero-order valence-corrected chi connectivity index (χ0v) is 11.9. The summed E-state index contributed by atoms with van der Waals surface area (Å²) < 4.78 is 0. The lowest BCUT2D eigenvalue weighted by molar-refractivity contribution is 0.102. The number of rotatable bonds is 2. The van der Waals surface area contributed by atoms with E-state index in [0.717, 1.165) is 0 Å². The van der Waals surface area contributed by atoms with E-state index in [1.807, 2.05) is 0 Å². The third-order valence-corrected chi connectivity index (χ3v) is 3.22. The van der Waals surface area contributed by atoms with E-state index in [4.69, 9.17) is 40.5 Å². The van der Waals surface area contributed by atoms with Gasteiger partial charge in [-0.15, -0.1) is 0 Å². The second kappa shape index (κ2) is 5.70. The average Bonchev–Trinajstić information content (AvgIpc) is 2.35. The third kappa shape index (κ3) is 3.32. The molecule has 3 nitrogen and oxygen atoms in total. The molecule has 0 bridgehead atoms. The molecule has 0 aromatic heterocycles. The first-order valence-corrected chi connectivity index (χ1v) is 6.42. The van der Waals surface area contributed by atoms with Crippen molar-refractivity contribution < 1.29 is 4.79 Å². The van der Waals surface area contributed by atoms with Crippen molar-refractivity contribution >= 4 is 52.1 Å². The quantitative estimate of drug-likeness (QED) is 0.803. The van der Waals surface area contributed by atoms with E-state index in [1.165, 1.54) is 6.07 Å². The van der Waals surface area contributed by atoms with Gasteiger partial charge in [0.05, 0.1) is 16.3 Å². The van der Waals surface area contributed by atoms with Crippen LogP contribution in [-0.4, -0.2) is 5.91 Å². The normalized spacial score (nSPS) is 10.3. The number of carbonyl (C=O) groups excluding carboxylic acids is 1. The first-order chi connectivity index (χ1) is 8.97. The molecule has 0 spiro atoms. The summed E-state index contributed by atoms with van der Waals surface area (Å²) in [7, 11) is 0. The van der Waals surface area contributed by atoms with Gasteiger partial charge in [0.25, 0.3) is 5.91 Å². The Morgan fingerprint density at radius 3 is 2.32 bits per heavy atom. The molecule has 1 amide bonds. The molecule has 3 N–H and O–H groups in total. The number of amides is 1. The second-order valence-corrected chi connectivity index (χ2v) is 5.09. The minimum absolute atomic E-state index is 0.290. The Bertz CT molecular complexity index is 644. The fraction of sp³-hybridized carbons (Fsp3) is 0. The zero-order valence-electron chi connectivity index (χ0n) is 9.58. The van der Waals surface area contributed by atoms with E-state index >= 15 is 0 Å². The van der Waals surface area contributed by atoms with Crippen molar-refractivity contribution in [2.75, 3.05) is 11.1 Å². The summed E-state index contributed by atoms with van der Waals surface area (Å²) in [5.74, 6) is -0.385. The summed E-state index contributed by atoms with van der Waals surface area (Å²) in [5.41, 5.74) is 6.82. The smallest absolute Gasteiger partial charge is 0.257 e. The predicted octanol–water partition coefficient (Wildman–Crippen LogP) is 4.48. The van der Waals surface area contributed by atoms with Gasteiger partial charge in [-0.05, 0) is 36.4 Å². The molecule has 2 aromatic carbocycles. The van der Waals surface area contributed by atoms with E-state index in [9.17, 15) is 4.79 Å². The SMILES string of the molecule is Nc1ccc(Cl)cc1C(=O)Nc1ccc(Cl)cc1Cl. The molecule has 6 heteroatoms. The molecule has 0 fully saturated rings. The molecule has 2 aromatic rings. The van der Waals surface area contributed by atoms with Crippen molar-refractivity contribution in [2.45, 2.75) is 0 Å². The maximum absolute atomic E-state index is 12.1. The highest BCUT2D eigenvalue weighted by Gasteiger charge is 2.12. The van der Waals surface area contributed by atoms with Crippen LogP contribution in [0.2, 0.25) is 15.1 Å². The summed E-state index contributed by atoms with van der Waals surface area (Å²) in [6, 6.07) is 9.47. The Balaban J connectivity index is 2.28. The van der Waals surface area contributed by atoms with Gasteiger partial charge in [-0.3, -0.25) is 4.79 Å². The molecular formula is C13H9Cl3N2O. The molecule has 0 unspecified atom stereocenters. The van der Waals surface area contributed by atoms with Gasteiger partial charge in [0.2, 0.25) is 0 Å². The maximum Gasteiger partial charge on any atom is 0.257 e. The molecule has 0 heterocycles. The molecule has 0 aliphatic carbocycles. The van der Waals surface area contributed by atoms with Crippen molar-refractivity contribution in [3.8, 4) is 0 Å². The van der Waals surface area contributed by atoms with Gasteiger partial charge in [0, 0.05) is 15.7 Å². The van der Waals surface area contributed by atoms with E-state index in [1.54, 1.807) is 30.3 Å². The number of anilines is 2. The monoisotopic (exact) mass is 314 g/mol. The van der Waals surface area contributed by atoms with Crippen LogP contribution in [0.25, 0.3) is 0 Å². The van der Waals surface area contributed by atoms with Gasteiger partial charge in [-0.2, -0.15) is 0 Å². The van der Waals surface area contributed by atoms with Crippen LogP contribution in [-0.2, 0) is 0 Å². The second-order valence-electron chi connectivity index (χ2n) is 3.81. The fourth-order valence-electron chi connectivity index (χ4n) is 1.51. The van der Waals surface area contributed by atoms with Crippen LogP contribution in [0.15, 0.2) is 36.4 Å². The van der Waals surface area contributed by atoms with Crippen LogP contribution in [0.4, 0.5) is 11.4 Å². The van der Waals surface area contributed by atoms with Crippen LogP contribution in [0.1, 0.15) is 10.4 Å². The van der Waals surface area contributed by atoms with Gasteiger partial charge < -0.3 is 11.1 Å². The highest BCUT2D eigenvalue weighted by atomic mass is 35.5. The molecule has 2 rings (SSSR count). The molecule has 98 valence electrons. The molecule has 0 radical (unpaired) electrons. The number of hydrogen-bond donors (Lipinski definition) is 2. The number of carbonyl (C=O) groups is 1. The molecular weight excluding hydrogens is 307 g/mol. The van der Waals surface area contributed by atoms with E-state index in [-0.39, 0.29) is 5.91 Å². The summed E-state index contributed by atoms with van der Waals surface area (Å²) >= 11 is 17.6. The summed E-state index contributed by atoms with van der Waals surface area (Å²) in [6.45, 7) is 0. The average molecular weight is 316 g/mol. The summed E-state index contributed by atoms with van der Waals surface area (Å²) in [4.78, 5) is 12.1. The third-order valence-electron chi connectivity index (χ3n) is 2.44. The number of nitrogens with one attached hydrogen (secondary N) is 1. The number of nitrogens with two attached hydrogens (primary N) is 1. The predicted molar refractivity (Wildman–Crippen MR) is 80.3 cm³/mol. The van der Waals surface area contributed by atoms with Gasteiger partial charge in [0.15, 0.2) is 0 Å². The van der Waals surface area contributed by atoms with Crippen molar-refractivity contribution in [1.82, 2.24) is 0 Å². The lowest BCUT2D eigenvalue weighted by atomic mass is 10.1. The lowest BCUT2D eigenvalue weighted by Crippen LogP contribution is -2.14. The Kier molecular flexibility index (Phi) is 4.20. The van der Waals surface area contributed by atoms with Gasteiger partial charge in [0.1, 0.15) is 0 Å².